The Morgan fingerprint density at radius 3 is 2.57 bits per heavy atom. The molecule has 2 rings (SSSR count). The topological polar surface area (TPSA) is 74.2 Å². The van der Waals surface area contributed by atoms with Gasteiger partial charge in [-0.2, -0.15) is 4.31 Å². The van der Waals surface area contributed by atoms with E-state index in [2.05, 4.69) is 23.2 Å². The molecule has 1 heterocycles. The number of rotatable bonds is 9. The van der Waals surface area contributed by atoms with Crippen molar-refractivity contribution in [1.82, 2.24) is 14.5 Å². The number of nitrogens with one attached hydrogen (secondary N) is 1. The molecule has 1 N–H and O–H groups in total. The van der Waals surface area contributed by atoms with E-state index < -0.39 is 10.0 Å². The third-order valence-corrected chi connectivity index (χ3v) is 6.72. The fourth-order valence-corrected chi connectivity index (χ4v) is 4.68. The predicted molar refractivity (Wildman–Crippen MR) is 126 cm³/mol. The molecule has 0 radical (unpaired) electrons. The number of allylic oxidation sites excluding steroid dienone is 1. The molecule has 0 aromatic carbocycles. The Hall–Kier alpha value is -0.390. The molecule has 7 nitrogen and oxygen atoms in total. The highest BCUT2D eigenvalue weighted by molar-refractivity contribution is 14.0. The number of ether oxygens (including phenoxy) is 1. The average Bonchev–Trinajstić information content (AvgIpc) is 3.14. The van der Waals surface area contributed by atoms with Crippen LogP contribution >= 0.6 is 24.0 Å². The number of sulfonamides is 1. The van der Waals surface area contributed by atoms with Crippen LogP contribution in [0.1, 0.15) is 46.5 Å². The molecule has 0 aromatic rings. The highest BCUT2D eigenvalue weighted by Gasteiger charge is 2.28. The Balaban J connectivity index is 0.00000392. The van der Waals surface area contributed by atoms with Crippen LogP contribution in [0.4, 0.5) is 0 Å². The minimum Gasteiger partial charge on any atom is -0.378 e. The van der Waals surface area contributed by atoms with Crippen LogP contribution in [-0.2, 0) is 14.8 Å². The SMILES string of the molecule is CCNC(=NCCC1=CCCC1)N1CCN(S(=O)(=O)CCOC(C)C)CC1.I. The van der Waals surface area contributed by atoms with Crippen LogP contribution in [0.15, 0.2) is 16.6 Å². The van der Waals surface area contributed by atoms with Gasteiger partial charge in [0, 0.05) is 39.3 Å². The van der Waals surface area contributed by atoms with Gasteiger partial charge in [0.2, 0.25) is 10.0 Å². The van der Waals surface area contributed by atoms with Crippen molar-refractivity contribution in [3.8, 4) is 0 Å². The zero-order valence-electron chi connectivity index (χ0n) is 17.5. The lowest BCUT2D eigenvalue weighted by Crippen LogP contribution is -2.54. The molecule has 0 spiro atoms. The van der Waals surface area contributed by atoms with Crippen molar-refractivity contribution in [3.05, 3.63) is 11.6 Å². The first-order valence-electron chi connectivity index (χ1n) is 10.2. The zero-order chi connectivity index (χ0) is 19.7. The minimum atomic E-state index is -3.25. The fourth-order valence-electron chi connectivity index (χ4n) is 3.39. The molecule has 1 saturated heterocycles. The summed E-state index contributed by atoms with van der Waals surface area (Å²) in [5.74, 6) is 0.949. The summed E-state index contributed by atoms with van der Waals surface area (Å²) in [7, 11) is -3.25. The quantitative estimate of drug-likeness (QED) is 0.216. The summed E-state index contributed by atoms with van der Waals surface area (Å²) in [6, 6.07) is 0. The van der Waals surface area contributed by atoms with E-state index in [-0.39, 0.29) is 42.4 Å². The molecule has 0 unspecified atom stereocenters. The van der Waals surface area contributed by atoms with Gasteiger partial charge in [-0.05, 0) is 46.5 Å². The average molecular weight is 529 g/mol. The number of guanidine groups is 1. The van der Waals surface area contributed by atoms with E-state index in [0.717, 1.165) is 25.5 Å². The van der Waals surface area contributed by atoms with Crippen LogP contribution in [-0.4, -0.2) is 81.3 Å². The number of piperazine rings is 1. The second-order valence-corrected chi connectivity index (χ2v) is 9.45. The fraction of sp³-hybridized carbons (Fsp3) is 0.842. The predicted octanol–water partition coefficient (Wildman–Crippen LogP) is 2.44. The van der Waals surface area contributed by atoms with E-state index >= 15 is 0 Å². The van der Waals surface area contributed by atoms with Crippen LogP contribution in [0.25, 0.3) is 0 Å². The molecule has 9 heteroatoms. The van der Waals surface area contributed by atoms with E-state index in [1.807, 2.05) is 13.8 Å². The Morgan fingerprint density at radius 1 is 1.29 bits per heavy atom. The normalized spacial score (nSPS) is 18.9. The molecule has 2 aliphatic rings. The van der Waals surface area contributed by atoms with Gasteiger partial charge in [0.15, 0.2) is 5.96 Å². The van der Waals surface area contributed by atoms with Crippen molar-refractivity contribution in [2.75, 3.05) is 51.6 Å². The van der Waals surface area contributed by atoms with E-state index in [1.165, 1.54) is 24.8 Å². The number of halogens is 1. The van der Waals surface area contributed by atoms with Crippen molar-refractivity contribution >= 4 is 40.0 Å². The van der Waals surface area contributed by atoms with Crippen molar-refractivity contribution in [2.24, 2.45) is 4.99 Å². The van der Waals surface area contributed by atoms with Gasteiger partial charge in [-0.25, -0.2) is 8.42 Å². The standard InChI is InChI=1S/C19H36N4O3S.HI/c1-4-20-19(21-10-9-18-7-5-6-8-18)22-11-13-23(14-12-22)27(24,25)16-15-26-17(2)3;/h7,17H,4-6,8-16H2,1-3H3,(H,20,21);1H. The highest BCUT2D eigenvalue weighted by atomic mass is 127. The summed E-state index contributed by atoms with van der Waals surface area (Å²) in [5.41, 5.74) is 1.52. The molecule has 0 aromatic heterocycles. The van der Waals surface area contributed by atoms with Gasteiger partial charge in [0.05, 0.1) is 18.5 Å². The maximum atomic E-state index is 12.5. The molecule has 0 bridgehead atoms. The summed E-state index contributed by atoms with van der Waals surface area (Å²) >= 11 is 0. The second kappa shape index (κ2) is 13.0. The Bertz CT molecular complexity index is 615. The van der Waals surface area contributed by atoms with Crippen LogP contribution in [0.5, 0.6) is 0 Å². The Morgan fingerprint density at radius 2 is 2.00 bits per heavy atom. The first-order valence-corrected chi connectivity index (χ1v) is 11.8. The summed E-state index contributed by atoms with van der Waals surface area (Å²) in [5, 5.41) is 3.35. The van der Waals surface area contributed by atoms with Crippen molar-refractivity contribution in [2.45, 2.75) is 52.6 Å². The Labute approximate surface area is 188 Å². The third-order valence-electron chi connectivity index (χ3n) is 4.89. The summed E-state index contributed by atoms with van der Waals surface area (Å²) in [6.07, 6.45) is 7.11. The summed E-state index contributed by atoms with van der Waals surface area (Å²) < 4.78 is 31.9. The second-order valence-electron chi connectivity index (χ2n) is 7.36. The maximum absolute atomic E-state index is 12.5. The highest BCUT2D eigenvalue weighted by Crippen LogP contribution is 2.20. The van der Waals surface area contributed by atoms with Gasteiger partial charge in [-0.15, -0.1) is 24.0 Å². The third kappa shape index (κ3) is 8.54. The van der Waals surface area contributed by atoms with Crippen molar-refractivity contribution in [3.63, 3.8) is 0 Å². The monoisotopic (exact) mass is 528 g/mol. The molecule has 0 amide bonds. The molecule has 1 aliphatic carbocycles. The van der Waals surface area contributed by atoms with Crippen molar-refractivity contribution < 1.29 is 13.2 Å². The molecule has 1 aliphatic heterocycles. The van der Waals surface area contributed by atoms with E-state index in [4.69, 9.17) is 9.73 Å². The van der Waals surface area contributed by atoms with Gasteiger partial charge in [0.1, 0.15) is 0 Å². The Kier molecular flexibility index (Phi) is 11.9. The number of hydrogen-bond acceptors (Lipinski definition) is 4. The lowest BCUT2D eigenvalue weighted by atomic mass is 10.2. The lowest BCUT2D eigenvalue weighted by Gasteiger charge is -2.36. The van der Waals surface area contributed by atoms with E-state index in [1.54, 1.807) is 4.31 Å². The van der Waals surface area contributed by atoms with Gasteiger partial charge >= 0.3 is 0 Å². The molecule has 0 atom stereocenters. The van der Waals surface area contributed by atoms with Gasteiger partial charge in [-0.3, -0.25) is 4.99 Å². The van der Waals surface area contributed by atoms with Gasteiger partial charge in [-0.1, -0.05) is 11.6 Å². The zero-order valence-corrected chi connectivity index (χ0v) is 20.7. The largest absolute Gasteiger partial charge is 0.378 e. The minimum absolute atomic E-state index is 0. The molecule has 164 valence electrons. The van der Waals surface area contributed by atoms with Crippen LogP contribution in [0, 0.1) is 0 Å². The maximum Gasteiger partial charge on any atom is 0.216 e. The first-order chi connectivity index (χ1) is 12.9. The van der Waals surface area contributed by atoms with Crippen molar-refractivity contribution in [1.29, 1.82) is 0 Å². The van der Waals surface area contributed by atoms with Gasteiger partial charge < -0.3 is 15.0 Å². The van der Waals surface area contributed by atoms with Gasteiger partial charge in [0.25, 0.3) is 0 Å². The number of nitrogens with zero attached hydrogens (tertiary/aromatic N) is 3. The van der Waals surface area contributed by atoms with Crippen LogP contribution in [0.3, 0.4) is 0 Å². The first kappa shape index (κ1) is 25.6. The van der Waals surface area contributed by atoms with E-state index in [9.17, 15) is 8.42 Å². The molecule has 28 heavy (non-hydrogen) atoms. The molecule has 0 saturated carbocycles. The number of aliphatic imine (C=N–C) groups is 1. The summed E-state index contributed by atoms with van der Waals surface area (Å²) in [6.45, 7) is 10.1. The lowest BCUT2D eigenvalue weighted by molar-refractivity contribution is 0.0904. The van der Waals surface area contributed by atoms with Crippen LogP contribution in [0.2, 0.25) is 0 Å². The smallest absolute Gasteiger partial charge is 0.216 e. The molecular weight excluding hydrogens is 491 g/mol. The van der Waals surface area contributed by atoms with Crippen LogP contribution < -0.4 is 5.32 Å². The van der Waals surface area contributed by atoms with E-state index in [0.29, 0.717) is 26.2 Å². The summed E-state index contributed by atoms with van der Waals surface area (Å²) in [4.78, 5) is 6.93. The molecule has 1 fully saturated rings. The molecular formula is C19H37IN4O3S. The number of hydrogen-bond donors (Lipinski definition) is 1.